The van der Waals surface area contributed by atoms with Crippen LogP contribution in [0.5, 0.6) is 0 Å². The number of nitriles is 1. The van der Waals surface area contributed by atoms with E-state index in [1.807, 2.05) is 0 Å². The van der Waals surface area contributed by atoms with Crippen molar-refractivity contribution in [3.63, 3.8) is 0 Å². The molecule has 3 aromatic rings. The van der Waals surface area contributed by atoms with E-state index in [0.717, 1.165) is 11.1 Å². The number of halogens is 1. The molecule has 0 radical (unpaired) electrons. The monoisotopic (exact) mass is 303 g/mol. The molecule has 1 aliphatic rings. The number of hydrogen-bond donors (Lipinski definition) is 2. The van der Waals surface area contributed by atoms with Gasteiger partial charge in [-0.3, -0.25) is 10.1 Å². The number of fused-ring (bicyclic) bond motifs is 3. The standard InChI is InChI=1S/C17H10FN5/c18-14-4-2-1-3-11(14)16-12-7-10(8-19)15-13(9-22-23-15)17(12)21-6-5-20-16/h1-7,9,21H,(H,22,23). The van der Waals surface area contributed by atoms with Crippen molar-refractivity contribution in [2.45, 2.75) is 0 Å². The van der Waals surface area contributed by atoms with Gasteiger partial charge in [-0.1, -0.05) is 12.1 Å². The van der Waals surface area contributed by atoms with Gasteiger partial charge in [0.1, 0.15) is 11.9 Å². The van der Waals surface area contributed by atoms with Crippen LogP contribution in [0.4, 0.5) is 10.1 Å². The maximum Gasteiger partial charge on any atom is 0.132 e. The summed E-state index contributed by atoms with van der Waals surface area (Å²) in [6, 6.07) is 10.3. The van der Waals surface area contributed by atoms with Crippen LogP contribution in [0.15, 0.2) is 53.9 Å². The molecular weight excluding hydrogens is 293 g/mol. The molecule has 23 heavy (non-hydrogen) atoms. The Bertz CT molecular complexity index is 1020. The van der Waals surface area contributed by atoms with Gasteiger partial charge in [0.15, 0.2) is 0 Å². The van der Waals surface area contributed by atoms with Crippen molar-refractivity contribution in [2.75, 3.05) is 5.32 Å². The molecular formula is C17H10FN5. The molecule has 0 saturated heterocycles. The molecule has 0 saturated carbocycles. The van der Waals surface area contributed by atoms with Crippen LogP contribution in [-0.4, -0.2) is 15.9 Å². The first-order valence-electron chi connectivity index (χ1n) is 6.94. The number of H-pyrrole nitrogens is 1. The van der Waals surface area contributed by atoms with Crippen LogP contribution < -0.4 is 5.32 Å². The summed E-state index contributed by atoms with van der Waals surface area (Å²) in [6.45, 7) is 0. The van der Waals surface area contributed by atoms with E-state index in [-0.39, 0.29) is 5.82 Å². The molecule has 0 amide bonds. The SMILES string of the molecule is N#Cc1cc2c(c3cn[nH]c13)NC=CN=C2c1ccccc1F. The van der Waals surface area contributed by atoms with Crippen molar-refractivity contribution in [3.05, 3.63) is 71.4 Å². The van der Waals surface area contributed by atoms with Crippen molar-refractivity contribution >= 4 is 22.3 Å². The van der Waals surface area contributed by atoms with Crippen LogP contribution in [0.1, 0.15) is 16.7 Å². The van der Waals surface area contributed by atoms with E-state index in [9.17, 15) is 9.65 Å². The van der Waals surface area contributed by atoms with Crippen LogP contribution >= 0.6 is 0 Å². The predicted molar refractivity (Wildman–Crippen MR) is 85.6 cm³/mol. The smallest absolute Gasteiger partial charge is 0.132 e. The lowest BCUT2D eigenvalue weighted by Crippen LogP contribution is -2.08. The second-order valence-electron chi connectivity index (χ2n) is 5.03. The summed E-state index contributed by atoms with van der Waals surface area (Å²) in [6.07, 6.45) is 4.88. The highest BCUT2D eigenvalue weighted by atomic mass is 19.1. The average Bonchev–Trinajstić information content (AvgIpc) is 2.96. The van der Waals surface area contributed by atoms with Gasteiger partial charge in [0.2, 0.25) is 0 Å². The molecule has 0 spiro atoms. The minimum Gasteiger partial charge on any atom is -0.359 e. The van der Waals surface area contributed by atoms with E-state index in [2.05, 4.69) is 26.6 Å². The summed E-state index contributed by atoms with van der Waals surface area (Å²) in [5, 5.41) is 20.1. The average molecular weight is 303 g/mol. The Labute approximate surface area is 130 Å². The van der Waals surface area contributed by atoms with Crippen molar-refractivity contribution < 1.29 is 4.39 Å². The fourth-order valence-electron chi connectivity index (χ4n) is 2.72. The molecule has 0 atom stereocenters. The van der Waals surface area contributed by atoms with E-state index < -0.39 is 0 Å². The van der Waals surface area contributed by atoms with Gasteiger partial charge in [-0.2, -0.15) is 10.4 Å². The zero-order chi connectivity index (χ0) is 15.8. The molecule has 0 unspecified atom stereocenters. The molecule has 5 nitrogen and oxygen atoms in total. The summed E-state index contributed by atoms with van der Waals surface area (Å²) in [5.41, 5.74) is 3.33. The Kier molecular flexibility index (Phi) is 2.91. The minimum atomic E-state index is -0.363. The molecule has 6 heteroatoms. The number of nitrogens with zero attached hydrogens (tertiary/aromatic N) is 3. The number of benzene rings is 2. The number of nitrogens with one attached hydrogen (secondary N) is 2. The highest BCUT2D eigenvalue weighted by Crippen LogP contribution is 2.32. The van der Waals surface area contributed by atoms with Crippen LogP contribution in [0.2, 0.25) is 0 Å². The first kappa shape index (κ1) is 13.2. The molecule has 2 heterocycles. The van der Waals surface area contributed by atoms with Crippen molar-refractivity contribution in [1.29, 1.82) is 5.26 Å². The zero-order valence-electron chi connectivity index (χ0n) is 11.8. The molecule has 0 fully saturated rings. The lowest BCUT2D eigenvalue weighted by molar-refractivity contribution is 0.625. The minimum absolute atomic E-state index is 0.363. The van der Waals surface area contributed by atoms with Crippen LogP contribution in [0.3, 0.4) is 0 Å². The molecule has 0 aliphatic carbocycles. The topological polar surface area (TPSA) is 76.9 Å². The molecule has 1 aliphatic heterocycles. The third-order valence-electron chi connectivity index (χ3n) is 3.75. The first-order chi connectivity index (χ1) is 11.3. The number of anilines is 1. The van der Waals surface area contributed by atoms with Gasteiger partial charge in [-0.05, 0) is 18.2 Å². The summed E-state index contributed by atoms with van der Waals surface area (Å²) < 4.78 is 14.2. The molecule has 110 valence electrons. The lowest BCUT2D eigenvalue weighted by Gasteiger charge is -2.12. The van der Waals surface area contributed by atoms with Crippen molar-refractivity contribution in [2.24, 2.45) is 4.99 Å². The van der Waals surface area contributed by atoms with Crippen LogP contribution in [0.25, 0.3) is 10.9 Å². The lowest BCUT2D eigenvalue weighted by atomic mass is 9.96. The number of aromatic nitrogens is 2. The number of aromatic amines is 1. The highest BCUT2D eigenvalue weighted by molar-refractivity contribution is 6.20. The first-order valence-corrected chi connectivity index (χ1v) is 6.94. The van der Waals surface area contributed by atoms with Crippen molar-refractivity contribution in [3.8, 4) is 6.07 Å². The number of rotatable bonds is 1. The van der Waals surface area contributed by atoms with Crippen molar-refractivity contribution in [1.82, 2.24) is 10.2 Å². The van der Waals surface area contributed by atoms with Gasteiger partial charge in [-0.25, -0.2) is 4.39 Å². The van der Waals surface area contributed by atoms with Gasteiger partial charge < -0.3 is 5.32 Å². The zero-order valence-corrected chi connectivity index (χ0v) is 11.8. The maximum atomic E-state index is 14.2. The second-order valence-corrected chi connectivity index (χ2v) is 5.03. The molecule has 2 N–H and O–H groups in total. The third-order valence-corrected chi connectivity index (χ3v) is 3.75. The number of aliphatic imine (C=N–C) groups is 1. The summed E-state index contributed by atoms with van der Waals surface area (Å²) in [5.74, 6) is -0.363. The van der Waals surface area contributed by atoms with E-state index in [4.69, 9.17) is 0 Å². The molecule has 2 aromatic carbocycles. The normalized spacial score (nSPS) is 13.0. The summed E-state index contributed by atoms with van der Waals surface area (Å²) in [4.78, 5) is 4.36. The van der Waals surface area contributed by atoms with E-state index in [1.165, 1.54) is 6.07 Å². The Morgan fingerprint density at radius 3 is 2.87 bits per heavy atom. The van der Waals surface area contributed by atoms with Gasteiger partial charge in [-0.15, -0.1) is 0 Å². The van der Waals surface area contributed by atoms with Crippen LogP contribution in [-0.2, 0) is 0 Å². The molecule has 4 rings (SSSR count). The fraction of sp³-hybridized carbons (Fsp3) is 0. The Balaban J connectivity index is 2.07. The fourth-order valence-corrected chi connectivity index (χ4v) is 2.72. The van der Waals surface area contributed by atoms with Crippen LogP contribution in [0, 0.1) is 17.1 Å². The van der Waals surface area contributed by atoms with Gasteiger partial charge >= 0.3 is 0 Å². The Hall–Kier alpha value is -3.46. The molecule has 0 bridgehead atoms. The van der Waals surface area contributed by atoms with E-state index in [1.54, 1.807) is 42.9 Å². The van der Waals surface area contributed by atoms with E-state index >= 15 is 0 Å². The summed E-state index contributed by atoms with van der Waals surface area (Å²) in [7, 11) is 0. The van der Waals surface area contributed by atoms with E-state index in [0.29, 0.717) is 27.9 Å². The summed E-state index contributed by atoms with van der Waals surface area (Å²) >= 11 is 0. The van der Waals surface area contributed by atoms with Gasteiger partial charge in [0.05, 0.1) is 28.7 Å². The number of hydrogen-bond acceptors (Lipinski definition) is 4. The van der Waals surface area contributed by atoms with Gasteiger partial charge in [0, 0.05) is 28.9 Å². The maximum absolute atomic E-state index is 14.2. The quantitative estimate of drug-likeness (QED) is 0.724. The predicted octanol–water partition coefficient (Wildman–Crippen LogP) is 3.31. The largest absolute Gasteiger partial charge is 0.359 e. The van der Waals surface area contributed by atoms with Gasteiger partial charge in [0.25, 0.3) is 0 Å². The third kappa shape index (κ3) is 1.99. The Morgan fingerprint density at radius 2 is 2.04 bits per heavy atom. The Morgan fingerprint density at radius 1 is 1.17 bits per heavy atom. The molecule has 1 aromatic heterocycles. The second kappa shape index (κ2) is 5.07. The highest BCUT2D eigenvalue weighted by Gasteiger charge is 2.21.